The van der Waals surface area contributed by atoms with Gasteiger partial charge in [0.15, 0.2) is 0 Å². The number of hydrogen-bond donors (Lipinski definition) is 2. The number of carbonyl (C=O) groups is 1. The summed E-state index contributed by atoms with van der Waals surface area (Å²) < 4.78 is 30.7. The van der Waals surface area contributed by atoms with E-state index in [1.54, 1.807) is 12.1 Å². The van der Waals surface area contributed by atoms with Gasteiger partial charge >= 0.3 is 0 Å². The molecule has 204 valence electrons. The summed E-state index contributed by atoms with van der Waals surface area (Å²) in [7, 11) is -1.66. The van der Waals surface area contributed by atoms with Crippen LogP contribution >= 0.6 is 11.6 Å². The smallest absolute Gasteiger partial charge is 0.240 e. The summed E-state index contributed by atoms with van der Waals surface area (Å²) in [5.41, 5.74) is 3.12. The van der Waals surface area contributed by atoms with Crippen LogP contribution in [0.2, 0.25) is 5.02 Å². The molecule has 1 amide bonds. The van der Waals surface area contributed by atoms with E-state index in [1.165, 1.54) is 6.42 Å². The van der Waals surface area contributed by atoms with E-state index in [4.69, 9.17) is 16.6 Å². The van der Waals surface area contributed by atoms with Crippen LogP contribution in [0.4, 0.5) is 0 Å². The van der Waals surface area contributed by atoms with Crippen molar-refractivity contribution in [1.29, 1.82) is 0 Å². The van der Waals surface area contributed by atoms with Crippen LogP contribution in [0.15, 0.2) is 41.3 Å². The second-order valence-corrected chi connectivity index (χ2v) is 13.4. The lowest BCUT2D eigenvalue weighted by molar-refractivity contribution is -0.132. The first-order valence-electron chi connectivity index (χ1n) is 13.7. The van der Waals surface area contributed by atoms with Crippen LogP contribution < -0.4 is 10.0 Å². The molecule has 2 aromatic carbocycles. The number of benzene rings is 2. The van der Waals surface area contributed by atoms with E-state index in [1.807, 2.05) is 35.9 Å². The highest BCUT2D eigenvalue weighted by atomic mass is 35.5. The zero-order valence-electron chi connectivity index (χ0n) is 22.2. The Morgan fingerprint density at radius 1 is 1.08 bits per heavy atom. The van der Waals surface area contributed by atoms with E-state index < -0.39 is 10.0 Å². The number of sulfonamides is 1. The average Bonchev–Trinajstić information content (AvgIpc) is 3.51. The van der Waals surface area contributed by atoms with E-state index in [9.17, 15) is 13.2 Å². The van der Waals surface area contributed by atoms with Gasteiger partial charge in [0.05, 0.1) is 15.9 Å². The van der Waals surface area contributed by atoms with Crippen molar-refractivity contribution >= 4 is 38.6 Å². The number of fused-ring (bicyclic) bond motifs is 1. The average molecular weight is 557 g/mol. The van der Waals surface area contributed by atoms with Crippen molar-refractivity contribution < 1.29 is 13.2 Å². The SMILES string of the molecule is Cn1c(Cc2cc(CNC(=O)C3(C)CCCCC3)ccc2Cl)nc2cc(S(=O)(=O)NC3CCCC3)ccc21. The molecule has 0 bridgehead atoms. The van der Waals surface area contributed by atoms with Gasteiger partial charge in [-0.2, -0.15) is 0 Å². The molecule has 38 heavy (non-hydrogen) atoms. The summed E-state index contributed by atoms with van der Waals surface area (Å²) in [6.07, 6.45) is 9.70. The normalized spacial score (nSPS) is 18.2. The second kappa shape index (κ2) is 11.0. The van der Waals surface area contributed by atoms with Gasteiger partial charge in [-0.1, -0.05) is 62.8 Å². The van der Waals surface area contributed by atoms with Crippen molar-refractivity contribution in [2.45, 2.75) is 88.6 Å². The lowest BCUT2D eigenvalue weighted by Gasteiger charge is -2.32. The van der Waals surface area contributed by atoms with Crippen LogP contribution in [0.25, 0.3) is 11.0 Å². The molecule has 7 nitrogen and oxygen atoms in total. The molecule has 0 radical (unpaired) electrons. The highest BCUT2D eigenvalue weighted by molar-refractivity contribution is 7.89. The first kappa shape index (κ1) is 27.2. The number of aromatic nitrogens is 2. The van der Waals surface area contributed by atoms with Gasteiger partial charge in [0.1, 0.15) is 5.82 Å². The number of carbonyl (C=O) groups excluding carboxylic acids is 1. The second-order valence-electron chi connectivity index (χ2n) is 11.2. The third kappa shape index (κ3) is 5.77. The molecule has 5 rings (SSSR count). The van der Waals surface area contributed by atoms with Gasteiger partial charge in [0.25, 0.3) is 0 Å². The molecule has 0 atom stereocenters. The van der Waals surface area contributed by atoms with Gasteiger partial charge in [0, 0.05) is 36.5 Å². The number of halogens is 1. The number of rotatable bonds is 8. The lowest BCUT2D eigenvalue weighted by Crippen LogP contribution is -2.39. The van der Waals surface area contributed by atoms with Gasteiger partial charge in [0.2, 0.25) is 15.9 Å². The van der Waals surface area contributed by atoms with Crippen LogP contribution in [0.5, 0.6) is 0 Å². The Kier molecular flexibility index (Phi) is 7.85. The molecule has 2 fully saturated rings. The topological polar surface area (TPSA) is 93.1 Å². The van der Waals surface area contributed by atoms with Crippen molar-refractivity contribution in [3.63, 3.8) is 0 Å². The number of hydrogen-bond acceptors (Lipinski definition) is 4. The van der Waals surface area contributed by atoms with E-state index in [-0.39, 0.29) is 22.3 Å². The Bertz CT molecular complexity index is 1440. The highest BCUT2D eigenvalue weighted by Gasteiger charge is 2.34. The molecule has 2 N–H and O–H groups in total. The van der Waals surface area contributed by atoms with Gasteiger partial charge in [-0.25, -0.2) is 18.1 Å². The lowest BCUT2D eigenvalue weighted by atomic mass is 9.75. The summed E-state index contributed by atoms with van der Waals surface area (Å²) >= 11 is 6.56. The Hall–Kier alpha value is -2.42. The molecule has 0 saturated heterocycles. The minimum atomic E-state index is -3.59. The number of imidazole rings is 1. The van der Waals surface area contributed by atoms with E-state index in [0.717, 1.165) is 73.8 Å². The van der Waals surface area contributed by atoms with Gasteiger partial charge in [-0.15, -0.1) is 0 Å². The molecular formula is C29H37ClN4O3S. The van der Waals surface area contributed by atoms with Crippen molar-refractivity contribution in [2.24, 2.45) is 12.5 Å². The number of nitrogens with zero attached hydrogens (tertiary/aromatic N) is 2. The van der Waals surface area contributed by atoms with Crippen LogP contribution in [-0.2, 0) is 34.8 Å². The summed E-state index contributed by atoms with van der Waals surface area (Å²) in [6, 6.07) is 11.0. The zero-order valence-corrected chi connectivity index (χ0v) is 23.8. The third-order valence-corrected chi connectivity index (χ3v) is 10.2. The quantitative estimate of drug-likeness (QED) is 0.376. The van der Waals surface area contributed by atoms with Crippen molar-refractivity contribution in [3.8, 4) is 0 Å². The van der Waals surface area contributed by atoms with Crippen LogP contribution in [-0.4, -0.2) is 29.9 Å². The monoisotopic (exact) mass is 556 g/mol. The summed E-state index contributed by atoms with van der Waals surface area (Å²) in [5, 5.41) is 3.77. The molecule has 2 aliphatic rings. The molecule has 2 aliphatic carbocycles. The molecule has 0 aliphatic heterocycles. The first-order valence-corrected chi connectivity index (χ1v) is 15.5. The van der Waals surface area contributed by atoms with Crippen molar-refractivity contribution in [1.82, 2.24) is 19.6 Å². The Morgan fingerprint density at radius 3 is 2.55 bits per heavy atom. The van der Waals surface area contributed by atoms with E-state index in [0.29, 0.717) is 23.5 Å². The Labute approximate surface area is 230 Å². The van der Waals surface area contributed by atoms with Gasteiger partial charge in [-0.3, -0.25) is 4.79 Å². The van der Waals surface area contributed by atoms with Crippen LogP contribution in [0.3, 0.4) is 0 Å². The molecular weight excluding hydrogens is 520 g/mol. The molecule has 1 heterocycles. The minimum absolute atomic E-state index is 0.0136. The zero-order chi connectivity index (χ0) is 26.9. The van der Waals surface area contributed by atoms with E-state index >= 15 is 0 Å². The first-order chi connectivity index (χ1) is 18.1. The third-order valence-electron chi connectivity index (χ3n) is 8.35. The van der Waals surface area contributed by atoms with Gasteiger partial charge in [-0.05, 0) is 61.1 Å². The Balaban J connectivity index is 1.32. The fourth-order valence-electron chi connectivity index (χ4n) is 5.88. The molecule has 0 spiro atoms. The number of amides is 1. The molecule has 1 aromatic heterocycles. The standard InChI is InChI=1S/C29H37ClN4O3S/c1-29(14-6-3-7-15-29)28(35)31-19-20-10-12-24(30)21(16-20)17-27-32-25-18-23(11-13-26(25)34(27)2)38(36,37)33-22-8-4-5-9-22/h10-13,16,18,22,33H,3-9,14-15,17,19H2,1-2H3,(H,31,35). The maximum absolute atomic E-state index is 12.9. The Morgan fingerprint density at radius 2 is 1.82 bits per heavy atom. The van der Waals surface area contributed by atoms with Crippen molar-refractivity contribution in [2.75, 3.05) is 0 Å². The molecule has 3 aromatic rings. The molecule has 0 unspecified atom stereocenters. The predicted octanol–water partition coefficient (Wildman–Crippen LogP) is 5.63. The van der Waals surface area contributed by atoms with Crippen LogP contribution in [0.1, 0.15) is 81.7 Å². The molecule has 9 heteroatoms. The maximum atomic E-state index is 12.9. The van der Waals surface area contributed by atoms with Gasteiger partial charge < -0.3 is 9.88 Å². The molecule has 2 saturated carbocycles. The number of aryl methyl sites for hydroxylation is 1. The van der Waals surface area contributed by atoms with E-state index in [2.05, 4.69) is 17.0 Å². The minimum Gasteiger partial charge on any atom is -0.352 e. The van der Waals surface area contributed by atoms with Crippen LogP contribution in [0, 0.1) is 5.41 Å². The summed E-state index contributed by atoms with van der Waals surface area (Å²) in [6.45, 7) is 2.53. The summed E-state index contributed by atoms with van der Waals surface area (Å²) in [4.78, 5) is 17.9. The maximum Gasteiger partial charge on any atom is 0.240 e. The fourth-order valence-corrected chi connectivity index (χ4v) is 7.39. The van der Waals surface area contributed by atoms with Crippen molar-refractivity contribution in [3.05, 3.63) is 58.4 Å². The predicted molar refractivity (Wildman–Crippen MR) is 151 cm³/mol. The highest BCUT2D eigenvalue weighted by Crippen LogP contribution is 2.36. The number of nitrogens with one attached hydrogen (secondary N) is 2. The largest absolute Gasteiger partial charge is 0.352 e. The fraction of sp³-hybridized carbons (Fsp3) is 0.517. The summed E-state index contributed by atoms with van der Waals surface area (Å²) in [5.74, 6) is 0.910.